The third-order valence-corrected chi connectivity index (χ3v) is 11.2. The van der Waals surface area contributed by atoms with Crippen LogP contribution in [0.5, 0.6) is 0 Å². The molecular weight excluding hydrogens is 707 g/mol. The van der Waals surface area contributed by atoms with Crippen LogP contribution in [-0.2, 0) is 14.3 Å². The predicted octanol–water partition coefficient (Wildman–Crippen LogP) is 14.5. The van der Waals surface area contributed by atoms with Crippen molar-refractivity contribution >= 4 is 11.9 Å². The van der Waals surface area contributed by atoms with Gasteiger partial charge in [0.05, 0.1) is 25.4 Å². The lowest BCUT2D eigenvalue weighted by atomic mass is 10.0. The summed E-state index contributed by atoms with van der Waals surface area (Å²) in [5.74, 6) is -0.0786. The Morgan fingerprint density at radius 1 is 0.491 bits per heavy atom. The van der Waals surface area contributed by atoms with E-state index >= 15 is 0 Å². The highest BCUT2D eigenvalue weighted by Crippen LogP contribution is 2.15. The number of rotatable bonds is 45. The van der Waals surface area contributed by atoms with Crippen molar-refractivity contribution in [2.75, 3.05) is 13.2 Å². The van der Waals surface area contributed by atoms with Crippen molar-refractivity contribution in [3.8, 4) is 0 Å². The normalized spacial score (nSPS) is 13.0. The van der Waals surface area contributed by atoms with Crippen LogP contribution in [0.3, 0.4) is 0 Å². The first-order valence-corrected chi connectivity index (χ1v) is 24.7. The molecule has 0 aromatic heterocycles. The van der Waals surface area contributed by atoms with E-state index in [2.05, 4.69) is 55.6 Å². The second-order valence-corrected chi connectivity index (χ2v) is 16.8. The number of hydrogen-bond acceptors (Lipinski definition) is 5. The molecule has 0 aromatic rings. The zero-order chi connectivity index (χ0) is 41.5. The second kappa shape index (κ2) is 46.8. The molecular formula is C51H95NO5. The number of carbonyl (C=O) groups excluding carboxylic acids is 2. The number of nitrogens with one attached hydrogen (secondary N) is 1. The smallest absolute Gasteiger partial charge is 0.305 e. The van der Waals surface area contributed by atoms with Gasteiger partial charge < -0.3 is 20.3 Å². The lowest BCUT2D eigenvalue weighted by molar-refractivity contribution is -0.143. The van der Waals surface area contributed by atoms with Gasteiger partial charge in [-0.3, -0.25) is 9.59 Å². The van der Waals surface area contributed by atoms with E-state index in [4.69, 9.17) is 4.74 Å². The summed E-state index contributed by atoms with van der Waals surface area (Å²) in [6, 6.07) is -0.552. The van der Waals surface area contributed by atoms with Crippen molar-refractivity contribution in [2.24, 2.45) is 0 Å². The SMILES string of the molecule is CCCC/C=C\C/C=C\CCCCCCCC(=O)OCCCCCC/C=C\CCCCCCCCCC(=O)NC(CO)C(O)CCCCCCCCCCCCC. The maximum absolute atomic E-state index is 12.4. The van der Waals surface area contributed by atoms with Crippen molar-refractivity contribution < 1.29 is 24.5 Å². The molecule has 0 aliphatic rings. The molecule has 334 valence electrons. The molecule has 2 unspecified atom stereocenters. The van der Waals surface area contributed by atoms with Crippen LogP contribution in [-0.4, -0.2) is 47.4 Å². The van der Waals surface area contributed by atoms with Crippen molar-refractivity contribution in [3.63, 3.8) is 0 Å². The summed E-state index contributed by atoms with van der Waals surface area (Å²) in [4.78, 5) is 24.4. The number of esters is 1. The van der Waals surface area contributed by atoms with Crippen LogP contribution in [0.25, 0.3) is 0 Å². The van der Waals surface area contributed by atoms with Crippen LogP contribution in [0.15, 0.2) is 36.5 Å². The Bertz CT molecular complexity index is 931. The molecule has 0 aromatic carbocycles. The number of amides is 1. The number of allylic oxidation sites excluding steroid dienone is 6. The molecule has 6 nitrogen and oxygen atoms in total. The predicted molar refractivity (Wildman–Crippen MR) is 246 cm³/mol. The highest BCUT2D eigenvalue weighted by Gasteiger charge is 2.20. The summed E-state index contributed by atoms with van der Waals surface area (Å²) in [5, 5.41) is 23.1. The lowest BCUT2D eigenvalue weighted by Crippen LogP contribution is -2.45. The van der Waals surface area contributed by atoms with Crippen LogP contribution in [0.4, 0.5) is 0 Å². The van der Waals surface area contributed by atoms with E-state index in [1.54, 1.807) is 0 Å². The Morgan fingerprint density at radius 2 is 0.895 bits per heavy atom. The van der Waals surface area contributed by atoms with E-state index in [9.17, 15) is 19.8 Å². The molecule has 0 aliphatic carbocycles. The van der Waals surface area contributed by atoms with E-state index in [1.165, 1.54) is 135 Å². The first-order valence-electron chi connectivity index (χ1n) is 24.7. The Hall–Kier alpha value is -1.92. The number of unbranched alkanes of at least 4 members (excludes halogenated alkanes) is 28. The minimum Gasteiger partial charge on any atom is -0.466 e. The van der Waals surface area contributed by atoms with Crippen molar-refractivity contribution in [3.05, 3.63) is 36.5 Å². The molecule has 0 saturated heterocycles. The van der Waals surface area contributed by atoms with E-state index in [-0.39, 0.29) is 18.5 Å². The molecule has 0 radical (unpaired) electrons. The van der Waals surface area contributed by atoms with Crippen LogP contribution in [0.2, 0.25) is 0 Å². The largest absolute Gasteiger partial charge is 0.466 e. The molecule has 0 fully saturated rings. The fourth-order valence-corrected chi connectivity index (χ4v) is 7.30. The number of carbonyl (C=O) groups is 2. The fourth-order valence-electron chi connectivity index (χ4n) is 7.30. The summed E-state index contributed by atoms with van der Waals surface area (Å²) < 4.78 is 5.44. The molecule has 2 atom stereocenters. The quantitative estimate of drug-likeness (QED) is 0.0324. The monoisotopic (exact) mass is 802 g/mol. The van der Waals surface area contributed by atoms with Gasteiger partial charge >= 0.3 is 5.97 Å². The van der Waals surface area contributed by atoms with Gasteiger partial charge in [0.25, 0.3) is 0 Å². The molecule has 3 N–H and O–H groups in total. The topological polar surface area (TPSA) is 95.9 Å². The van der Waals surface area contributed by atoms with E-state index in [0.717, 1.165) is 83.5 Å². The summed E-state index contributed by atoms with van der Waals surface area (Å²) in [6.07, 6.45) is 55.3. The van der Waals surface area contributed by atoms with Gasteiger partial charge in [0.2, 0.25) is 5.91 Å². The minimum atomic E-state index is -0.673. The van der Waals surface area contributed by atoms with Gasteiger partial charge in [0.15, 0.2) is 0 Å². The summed E-state index contributed by atoms with van der Waals surface area (Å²) in [6.45, 7) is 4.85. The van der Waals surface area contributed by atoms with Crippen LogP contribution >= 0.6 is 0 Å². The molecule has 0 aliphatic heterocycles. The van der Waals surface area contributed by atoms with Gasteiger partial charge in [-0.15, -0.1) is 0 Å². The molecule has 0 saturated carbocycles. The lowest BCUT2D eigenvalue weighted by Gasteiger charge is -2.22. The van der Waals surface area contributed by atoms with Gasteiger partial charge in [-0.25, -0.2) is 0 Å². The highest BCUT2D eigenvalue weighted by molar-refractivity contribution is 5.76. The van der Waals surface area contributed by atoms with Crippen LogP contribution in [0, 0.1) is 0 Å². The summed E-state index contributed by atoms with van der Waals surface area (Å²) in [5.41, 5.74) is 0. The summed E-state index contributed by atoms with van der Waals surface area (Å²) >= 11 is 0. The average molecular weight is 802 g/mol. The van der Waals surface area contributed by atoms with E-state index < -0.39 is 12.1 Å². The van der Waals surface area contributed by atoms with Gasteiger partial charge in [-0.1, -0.05) is 198 Å². The number of ether oxygens (including phenoxy) is 1. The molecule has 57 heavy (non-hydrogen) atoms. The van der Waals surface area contributed by atoms with Crippen molar-refractivity contribution in [1.29, 1.82) is 0 Å². The highest BCUT2D eigenvalue weighted by atomic mass is 16.5. The molecule has 0 heterocycles. The Balaban J connectivity index is 3.49. The first-order chi connectivity index (χ1) is 28.0. The molecule has 6 heteroatoms. The van der Waals surface area contributed by atoms with Crippen LogP contribution in [0.1, 0.15) is 251 Å². The minimum absolute atomic E-state index is 0.0255. The number of aliphatic hydroxyl groups is 2. The first kappa shape index (κ1) is 55.1. The Labute approximate surface area is 353 Å². The standard InChI is InChI=1S/C51H95NO5/c1-3-5-7-9-11-13-15-16-21-25-29-33-37-41-45-51(56)57-46-42-38-34-30-26-22-19-17-18-20-24-28-32-36-40-44-50(55)52-48(47-53)49(54)43-39-35-31-27-23-14-12-10-8-6-4-2/h9,11,15-16,19,22,48-49,53-54H,3-8,10,12-14,17-18,20-21,23-47H2,1-2H3,(H,52,55)/b11-9-,16-15-,22-19-. The van der Waals surface area contributed by atoms with Crippen LogP contribution < -0.4 is 5.32 Å². The maximum Gasteiger partial charge on any atom is 0.305 e. The third kappa shape index (κ3) is 43.5. The van der Waals surface area contributed by atoms with Gasteiger partial charge in [0, 0.05) is 12.8 Å². The fraction of sp³-hybridized carbons (Fsp3) is 0.843. The Kier molecular flexibility index (Phi) is 45.2. The van der Waals surface area contributed by atoms with E-state index in [0.29, 0.717) is 25.9 Å². The second-order valence-electron chi connectivity index (χ2n) is 16.8. The molecule has 0 rings (SSSR count). The Morgan fingerprint density at radius 3 is 1.40 bits per heavy atom. The van der Waals surface area contributed by atoms with Crippen molar-refractivity contribution in [1.82, 2.24) is 5.32 Å². The van der Waals surface area contributed by atoms with Gasteiger partial charge in [0.1, 0.15) is 0 Å². The number of hydrogen-bond donors (Lipinski definition) is 3. The van der Waals surface area contributed by atoms with E-state index in [1.807, 2.05) is 0 Å². The van der Waals surface area contributed by atoms with Crippen molar-refractivity contribution in [2.45, 2.75) is 264 Å². The molecule has 1 amide bonds. The zero-order valence-corrected chi connectivity index (χ0v) is 37.8. The zero-order valence-electron chi connectivity index (χ0n) is 37.8. The maximum atomic E-state index is 12.4. The molecule has 0 bridgehead atoms. The van der Waals surface area contributed by atoms with Gasteiger partial charge in [-0.05, 0) is 77.0 Å². The number of aliphatic hydroxyl groups excluding tert-OH is 2. The summed E-state index contributed by atoms with van der Waals surface area (Å²) in [7, 11) is 0. The van der Waals surface area contributed by atoms with Gasteiger partial charge in [-0.2, -0.15) is 0 Å². The third-order valence-electron chi connectivity index (χ3n) is 11.2. The molecule has 0 spiro atoms. The average Bonchev–Trinajstić information content (AvgIpc) is 3.21.